The molecule has 0 bridgehead atoms. The number of amides is 2. The molecular weight excluding hydrogens is 476 g/mol. The Kier molecular flexibility index (Phi) is 10.1. The summed E-state index contributed by atoms with van der Waals surface area (Å²) in [5.74, 6) is -0.127. The second-order valence-electron chi connectivity index (χ2n) is 9.83. The lowest BCUT2D eigenvalue weighted by atomic mass is 10.0. The third-order valence-electron chi connectivity index (χ3n) is 6.95. The third kappa shape index (κ3) is 7.01. The van der Waals surface area contributed by atoms with Gasteiger partial charge in [0.15, 0.2) is 0 Å². The molecular formula is C30H42N6O2. The zero-order valence-corrected chi connectivity index (χ0v) is 22.4. The summed E-state index contributed by atoms with van der Waals surface area (Å²) in [6.07, 6.45) is 6.95. The molecule has 1 N–H and O–H groups in total. The van der Waals surface area contributed by atoms with Gasteiger partial charge in [-0.3, -0.25) is 19.3 Å². The van der Waals surface area contributed by atoms with Gasteiger partial charge in [-0.15, -0.1) is 0 Å². The molecule has 4 rings (SSSR count). The number of rotatable bonds is 11. The molecule has 0 atom stereocenters. The van der Waals surface area contributed by atoms with Crippen LogP contribution in [0.3, 0.4) is 0 Å². The second-order valence-corrected chi connectivity index (χ2v) is 9.83. The molecule has 0 fully saturated rings. The maximum absolute atomic E-state index is 13.4. The summed E-state index contributed by atoms with van der Waals surface area (Å²) in [6, 6.07) is 14.4. The molecule has 0 saturated heterocycles. The number of anilines is 1. The highest BCUT2D eigenvalue weighted by atomic mass is 16.2. The molecule has 3 aromatic rings. The van der Waals surface area contributed by atoms with Crippen molar-refractivity contribution in [1.29, 1.82) is 0 Å². The van der Waals surface area contributed by atoms with E-state index in [1.165, 1.54) is 11.1 Å². The van der Waals surface area contributed by atoms with Crippen LogP contribution in [0.25, 0.3) is 11.1 Å². The first kappa shape index (κ1) is 28.9. The van der Waals surface area contributed by atoms with Crippen molar-refractivity contribution in [1.82, 2.24) is 25.1 Å². The van der Waals surface area contributed by atoms with Gasteiger partial charge in [-0.05, 0) is 47.7 Å². The van der Waals surface area contributed by atoms with Gasteiger partial charge in [0, 0.05) is 51.2 Å². The summed E-state index contributed by atoms with van der Waals surface area (Å²) in [5.41, 5.74) is 6.45. The van der Waals surface area contributed by atoms with Crippen molar-refractivity contribution >= 4 is 17.5 Å². The molecule has 1 aliphatic heterocycles. The molecule has 204 valence electrons. The van der Waals surface area contributed by atoms with Crippen LogP contribution in [0.5, 0.6) is 0 Å². The van der Waals surface area contributed by atoms with Crippen molar-refractivity contribution in [3.05, 3.63) is 71.5 Å². The Labute approximate surface area is 227 Å². The Morgan fingerprint density at radius 2 is 1.74 bits per heavy atom. The predicted octanol–water partition coefficient (Wildman–Crippen LogP) is 4.53. The fraction of sp³-hybridized carbons (Fsp3) is 0.433. The average Bonchev–Trinajstić information content (AvgIpc) is 3.52. The van der Waals surface area contributed by atoms with Gasteiger partial charge in [-0.1, -0.05) is 57.5 Å². The Hall–Kier alpha value is -3.65. The maximum Gasteiger partial charge on any atom is 0.256 e. The quantitative estimate of drug-likeness (QED) is 0.378. The topological polar surface area (TPSA) is 73.7 Å². The number of hydrazine groups is 1. The van der Waals surface area contributed by atoms with E-state index in [1.54, 1.807) is 9.69 Å². The van der Waals surface area contributed by atoms with Gasteiger partial charge in [0.05, 0.1) is 19.3 Å². The highest BCUT2D eigenvalue weighted by Gasteiger charge is 2.27. The van der Waals surface area contributed by atoms with Crippen molar-refractivity contribution in [3.63, 3.8) is 0 Å². The molecule has 2 amide bonds. The number of hydrogen-bond donors (Lipinski definition) is 1. The zero-order chi connectivity index (χ0) is 26.4. The smallest absolute Gasteiger partial charge is 0.256 e. The van der Waals surface area contributed by atoms with Crippen LogP contribution in [-0.2, 0) is 29.7 Å². The third-order valence-corrected chi connectivity index (χ3v) is 6.95. The molecule has 1 aliphatic rings. The fourth-order valence-electron chi connectivity index (χ4n) is 4.77. The average molecular weight is 519 g/mol. The summed E-state index contributed by atoms with van der Waals surface area (Å²) >= 11 is 0. The summed E-state index contributed by atoms with van der Waals surface area (Å²) in [7, 11) is 3.71. The lowest BCUT2D eigenvalue weighted by Gasteiger charge is -2.32. The van der Waals surface area contributed by atoms with Gasteiger partial charge in [0.25, 0.3) is 5.91 Å². The zero-order valence-electron chi connectivity index (χ0n) is 22.4. The van der Waals surface area contributed by atoms with Crippen LogP contribution in [0.15, 0.2) is 54.9 Å². The van der Waals surface area contributed by atoms with Crippen LogP contribution in [0.1, 0.15) is 50.3 Å². The minimum atomic E-state index is -0.0733. The molecule has 0 aliphatic carbocycles. The second kappa shape index (κ2) is 13.2. The van der Waals surface area contributed by atoms with Crippen LogP contribution < -0.4 is 10.2 Å². The molecule has 0 unspecified atom stereocenters. The molecule has 8 nitrogen and oxygen atoms in total. The van der Waals surface area contributed by atoms with E-state index in [9.17, 15) is 9.59 Å². The molecule has 0 spiro atoms. The fourth-order valence-corrected chi connectivity index (χ4v) is 4.77. The van der Waals surface area contributed by atoms with Crippen LogP contribution >= 0.6 is 0 Å². The van der Waals surface area contributed by atoms with Gasteiger partial charge in [-0.2, -0.15) is 5.10 Å². The standard InChI is InChI=1S/C29H38N6O2.CH4/c1-5-6-9-14-30-28(36)20-34(27-13-12-23(15-22(27)2)26-16-31-32(3)17-26)21-29(37)33(4)35-18-24-10-7-8-11-25(24)19-35;/h7-8,10-13,15-17H,5-6,9,14,18-21H2,1-4H3,(H,30,36);1H4. The first-order chi connectivity index (χ1) is 17.9. The number of unbranched alkanes of at least 4 members (excludes halogenated alkanes) is 2. The van der Waals surface area contributed by atoms with Crippen LogP contribution in [-0.4, -0.2) is 58.3 Å². The number of hydrogen-bond acceptors (Lipinski definition) is 5. The Morgan fingerprint density at radius 1 is 1.03 bits per heavy atom. The van der Waals surface area contributed by atoms with E-state index >= 15 is 0 Å². The molecule has 0 saturated carbocycles. The van der Waals surface area contributed by atoms with Crippen LogP contribution in [0.4, 0.5) is 5.69 Å². The highest BCUT2D eigenvalue weighted by Crippen LogP contribution is 2.28. The van der Waals surface area contributed by atoms with Crippen molar-refractivity contribution in [3.8, 4) is 11.1 Å². The van der Waals surface area contributed by atoms with E-state index in [1.807, 2.05) is 67.6 Å². The van der Waals surface area contributed by atoms with Gasteiger partial charge in [-0.25, -0.2) is 5.01 Å². The van der Waals surface area contributed by atoms with Gasteiger partial charge in [0.1, 0.15) is 0 Å². The van der Waals surface area contributed by atoms with Gasteiger partial charge in [0.2, 0.25) is 5.91 Å². The number of nitrogens with one attached hydrogen (secondary N) is 1. The van der Waals surface area contributed by atoms with E-state index in [2.05, 4.69) is 35.5 Å². The van der Waals surface area contributed by atoms with Crippen molar-refractivity contribution in [2.45, 2.75) is 53.6 Å². The summed E-state index contributed by atoms with van der Waals surface area (Å²) < 4.78 is 1.78. The minimum Gasteiger partial charge on any atom is -0.355 e. The molecule has 38 heavy (non-hydrogen) atoms. The monoisotopic (exact) mass is 518 g/mol. The minimum absolute atomic E-state index is 0. The molecule has 2 heterocycles. The molecule has 8 heteroatoms. The summed E-state index contributed by atoms with van der Waals surface area (Å²) in [6.45, 7) is 6.45. The number of aromatic nitrogens is 2. The van der Waals surface area contributed by atoms with E-state index in [-0.39, 0.29) is 32.3 Å². The normalized spacial score (nSPS) is 12.5. The number of carbonyl (C=O) groups excluding carboxylic acids is 2. The van der Waals surface area contributed by atoms with E-state index in [0.717, 1.165) is 41.6 Å². The molecule has 2 aromatic carbocycles. The highest BCUT2D eigenvalue weighted by molar-refractivity contribution is 5.87. The van der Waals surface area contributed by atoms with Gasteiger partial charge < -0.3 is 10.2 Å². The van der Waals surface area contributed by atoms with E-state index in [4.69, 9.17) is 0 Å². The molecule has 1 aromatic heterocycles. The summed E-state index contributed by atoms with van der Waals surface area (Å²) in [5, 5.41) is 11.0. The number of aryl methyl sites for hydroxylation is 2. The van der Waals surface area contributed by atoms with Gasteiger partial charge >= 0.3 is 0 Å². The number of likely N-dealkylation sites (N-methyl/N-ethyl adjacent to an activating group) is 1. The first-order valence-electron chi connectivity index (χ1n) is 13.0. The van der Waals surface area contributed by atoms with Crippen LogP contribution in [0.2, 0.25) is 0 Å². The lowest BCUT2D eigenvalue weighted by Crippen LogP contribution is -2.48. The number of benzene rings is 2. The lowest BCUT2D eigenvalue weighted by molar-refractivity contribution is -0.145. The summed E-state index contributed by atoms with van der Waals surface area (Å²) in [4.78, 5) is 28.2. The van der Waals surface area contributed by atoms with Crippen molar-refractivity contribution < 1.29 is 9.59 Å². The van der Waals surface area contributed by atoms with E-state index < -0.39 is 0 Å². The number of fused-ring (bicyclic) bond motifs is 1. The Balaban J connectivity index is 0.00000400. The maximum atomic E-state index is 13.4. The first-order valence-corrected chi connectivity index (χ1v) is 13.0. The van der Waals surface area contributed by atoms with Crippen molar-refractivity contribution in [2.75, 3.05) is 31.6 Å². The Bertz CT molecular complexity index is 1210. The largest absolute Gasteiger partial charge is 0.355 e. The SMILES string of the molecule is C.CCCCCNC(=O)CN(CC(=O)N(C)N1Cc2ccccc2C1)c1ccc(-c2cnn(C)c2)cc1C. The number of nitrogens with zero attached hydrogens (tertiary/aromatic N) is 5. The Morgan fingerprint density at radius 3 is 2.34 bits per heavy atom. The number of carbonyl (C=O) groups is 2. The molecule has 0 radical (unpaired) electrons. The van der Waals surface area contributed by atoms with E-state index in [0.29, 0.717) is 19.6 Å². The van der Waals surface area contributed by atoms with Crippen molar-refractivity contribution in [2.24, 2.45) is 7.05 Å². The van der Waals surface area contributed by atoms with Crippen LogP contribution in [0, 0.1) is 6.92 Å². The predicted molar refractivity (Wildman–Crippen MR) is 153 cm³/mol.